The van der Waals surface area contributed by atoms with E-state index < -0.39 is 5.82 Å². The van der Waals surface area contributed by atoms with Gasteiger partial charge in [-0.2, -0.15) is 10.4 Å². The van der Waals surface area contributed by atoms with E-state index in [0.717, 1.165) is 54.5 Å². The fraction of sp³-hybridized carbons (Fsp3) is 0.439. The molecule has 5 aromatic rings. The molecule has 6 fully saturated rings. The molecule has 2 saturated carbocycles. The van der Waals surface area contributed by atoms with Gasteiger partial charge < -0.3 is 19.7 Å². The zero-order valence-corrected chi connectivity index (χ0v) is 31.5. The fourth-order valence-corrected chi connectivity index (χ4v) is 10.5. The number of likely N-dealkylation sites (tertiary alicyclic amines) is 1. The Morgan fingerprint density at radius 2 is 1.94 bits per heavy atom. The number of hydrogen-bond acceptors (Lipinski definition) is 7. The van der Waals surface area contributed by atoms with Gasteiger partial charge in [0.05, 0.1) is 51.6 Å². The lowest BCUT2D eigenvalue weighted by molar-refractivity contribution is -0.135. The molecule has 0 spiro atoms. The van der Waals surface area contributed by atoms with Gasteiger partial charge in [-0.05, 0) is 68.7 Å². The number of nitriles is 1. The number of aryl methyl sites for hydroxylation is 3. The lowest BCUT2D eigenvalue weighted by Gasteiger charge is -2.40. The number of nitrogens with one attached hydrogen (secondary N) is 1. The Bertz CT molecular complexity index is 2510. The summed E-state index contributed by atoms with van der Waals surface area (Å²) >= 11 is 13.2. The molecular weight excluding hydrogens is 726 g/mol. The molecule has 3 aromatic heterocycles. The van der Waals surface area contributed by atoms with Crippen LogP contribution < -0.4 is 15.8 Å². The first-order chi connectivity index (χ1) is 26.1. The minimum absolute atomic E-state index is 0.0235. The van der Waals surface area contributed by atoms with Gasteiger partial charge in [0.15, 0.2) is 5.82 Å². The Hall–Kier alpha value is -4.50. The van der Waals surface area contributed by atoms with Gasteiger partial charge in [0.1, 0.15) is 5.52 Å². The number of amides is 1. The van der Waals surface area contributed by atoms with Crippen LogP contribution in [0.5, 0.6) is 0 Å². The minimum Gasteiger partial charge on any atom is -0.368 e. The smallest absolute Gasteiger partial charge is 0.268 e. The van der Waals surface area contributed by atoms with Crippen molar-refractivity contribution >= 4 is 56.6 Å². The number of hydrogen-bond donors (Lipinski definition) is 1. The number of carbonyl (C=O) groups excluding carboxylic acids is 1. The van der Waals surface area contributed by atoms with Gasteiger partial charge in [-0.15, -0.1) is 0 Å². The van der Waals surface area contributed by atoms with Crippen molar-refractivity contribution in [2.45, 2.75) is 69.6 Å². The van der Waals surface area contributed by atoms with Crippen LogP contribution in [0, 0.1) is 41.8 Å². The van der Waals surface area contributed by atoms with E-state index in [4.69, 9.17) is 28.2 Å². The van der Waals surface area contributed by atoms with Crippen molar-refractivity contribution in [3.63, 3.8) is 0 Å². The highest BCUT2D eigenvalue weighted by Crippen LogP contribution is 2.54. The SMILES string of the molecule is Cc1nc2c(F)c(-c3cccc(Cl)c3Cl)c(CCC#N)cc2c2c1cc([C@H]1[C@H]3C[C@H](CN(c4cnn(C)c(=O)c4)C3)N1C(=O)C1CC1)n2[C@H]1[C@H]2CN[C@@H]1C2. The summed E-state index contributed by atoms with van der Waals surface area (Å²) in [6.45, 7) is 4.14. The molecule has 7 heterocycles. The lowest BCUT2D eigenvalue weighted by atomic mass is 9.79. The summed E-state index contributed by atoms with van der Waals surface area (Å²) in [6, 6.07) is 13.5. The number of carbonyl (C=O) groups is 1. The van der Waals surface area contributed by atoms with Crippen LogP contribution in [-0.2, 0) is 18.3 Å². The van der Waals surface area contributed by atoms with Crippen LogP contribution in [0.3, 0.4) is 0 Å². The zero-order chi connectivity index (χ0) is 37.2. The van der Waals surface area contributed by atoms with Gasteiger partial charge in [0.2, 0.25) is 5.91 Å². The topological polar surface area (TPSA) is 112 Å². The summed E-state index contributed by atoms with van der Waals surface area (Å²) in [5, 5.41) is 19.9. The van der Waals surface area contributed by atoms with Gasteiger partial charge in [0, 0.05) is 90.3 Å². The van der Waals surface area contributed by atoms with Crippen LogP contribution >= 0.6 is 23.2 Å². The van der Waals surface area contributed by atoms with Crippen molar-refractivity contribution in [3.8, 4) is 17.2 Å². The Morgan fingerprint density at radius 1 is 1.11 bits per heavy atom. The number of piperidine rings is 1. The van der Waals surface area contributed by atoms with Crippen molar-refractivity contribution in [2.24, 2.45) is 24.8 Å². The predicted molar refractivity (Wildman–Crippen MR) is 206 cm³/mol. The fourth-order valence-electron chi connectivity index (χ4n) is 10.2. The molecule has 0 radical (unpaired) electrons. The molecule has 1 N–H and O–H groups in total. The Balaban J connectivity index is 1.21. The summed E-state index contributed by atoms with van der Waals surface area (Å²) in [5.74, 6) is 0.248. The van der Waals surface area contributed by atoms with E-state index in [1.807, 2.05) is 13.0 Å². The summed E-state index contributed by atoms with van der Waals surface area (Å²) < 4.78 is 21.1. The first-order valence-electron chi connectivity index (χ1n) is 18.9. The van der Waals surface area contributed by atoms with E-state index in [0.29, 0.717) is 58.2 Å². The van der Waals surface area contributed by atoms with Crippen LogP contribution in [0.4, 0.5) is 10.1 Å². The molecule has 4 saturated heterocycles. The molecule has 6 atom stereocenters. The van der Waals surface area contributed by atoms with Gasteiger partial charge in [0.25, 0.3) is 5.56 Å². The Labute approximate surface area is 321 Å². The number of anilines is 1. The van der Waals surface area contributed by atoms with Gasteiger partial charge in [-0.25, -0.2) is 14.1 Å². The van der Waals surface area contributed by atoms with E-state index in [1.54, 1.807) is 37.5 Å². The van der Waals surface area contributed by atoms with Crippen molar-refractivity contribution in [3.05, 3.63) is 85.8 Å². The Kier molecular flexibility index (Phi) is 7.89. The van der Waals surface area contributed by atoms with Gasteiger partial charge in [-0.1, -0.05) is 35.3 Å². The van der Waals surface area contributed by atoms with Crippen LogP contribution in [-0.4, -0.2) is 61.9 Å². The Morgan fingerprint density at radius 3 is 2.67 bits per heavy atom. The van der Waals surface area contributed by atoms with Gasteiger partial charge >= 0.3 is 0 Å². The zero-order valence-electron chi connectivity index (χ0n) is 30.0. The molecule has 2 aliphatic carbocycles. The summed E-state index contributed by atoms with van der Waals surface area (Å²) in [4.78, 5) is 36.4. The third-order valence-electron chi connectivity index (χ3n) is 12.8. The van der Waals surface area contributed by atoms with Gasteiger partial charge in [-0.3, -0.25) is 9.59 Å². The quantitative estimate of drug-likeness (QED) is 0.192. The monoisotopic (exact) mass is 764 g/mol. The highest BCUT2D eigenvalue weighted by atomic mass is 35.5. The number of benzene rings is 2. The number of pyridine rings is 1. The molecule has 2 aromatic carbocycles. The standard InChI is InChI=1S/C41H39Cl2FN8O2/c1-20-28-15-32(39-24-11-26(51(39)41(54)21-8-9-21)19-50(18-24)25-14-33(53)49(2)47-17-25)52(38-23-13-31(38)46-16-23)40(28)29-12-22(5-4-10-45)34(36(44)37(29)48-20)27-6-3-7-30(42)35(27)43/h3,6-7,12,14-15,17,21,23-24,26,31,38-39,46H,4-5,8-9,11,13,16,18-19H2,1-2H3/t23-,24+,26-,31-,38+,39-/m1/s1. The maximum atomic E-state index is 17.3. The average molecular weight is 766 g/mol. The van der Waals surface area contributed by atoms with E-state index in [1.165, 1.54) is 4.68 Å². The minimum atomic E-state index is -0.487. The number of aromatic nitrogens is 4. The highest BCUT2D eigenvalue weighted by Gasteiger charge is 2.55. The molecule has 4 aliphatic heterocycles. The lowest BCUT2D eigenvalue weighted by Crippen LogP contribution is -2.45. The number of halogens is 3. The van der Waals surface area contributed by atoms with E-state index in [2.05, 4.69) is 36.9 Å². The second-order valence-electron chi connectivity index (χ2n) is 16.0. The maximum Gasteiger partial charge on any atom is 0.268 e. The first-order valence-corrected chi connectivity index (χ1v) is 19.7. The highest BCUT2D eigenvalue weighted by molar-refractivity contribution is 6.43. The van der Waals surface area contributed by atoms with E-state index >= 15 is 4.39 Å². The molecule has 1 amide bonds. The van der Waals surface area contributed by atoms with Crippen molar-refractivity contribution in [1.29, 1.82) is 5.26 Å². The normalized spacial score (nSPS) is 25.8. The third kappa shape index (κ3) is 5.06. The van der Waals surface area contributed by atoms with Crippen molar-refractivity contribution in [1.82, 2.24) is 29.5 Å². The maximum absolute atomic E-state index is 17.3. The van der Waals surface area contributed by atoms with Crippen molar-refractivity contribution in [2.75, 3.05) is 24.5 Å². The third-order valence-corrected chi connectivity index (χ3v) is 13.7. The summed E-state index contributed by atoms with van der Waals surface area (Å²) in [5.41, 5.74) is 5.00. The van der Waals surface area contributed by atoms with Crippen molar-refractivity contribution < 1.29 is 9.18 Å². The largest absolute Gasteiger partial charge is 0.368 e. The number of fused-ring (bicyclic) bond motifs is 6. The average Bonchev–Trinajstić information content (AvgIpc) is 3.44. The van der Waals surface area contributed by atoms with E-state index in [-0.39, 0.29) is 64.4 Å². The summed E-state index contributed by atoms with van der Waals surface area (Å²) in [6.07, 6.45) is 6.00. The molecule has 54 heavy (non-hydrogen) atoms. The molecule has 0 unspecified atom stereocenters. The van der Waals surface area contributed by atoms with Crippen LogP contribution in [0.25, 0.3) is 32.9 Å². The molecular formula is C41H39Cl2FN8O2. The van der Waals surface area contributed by atoms with Crippen LogP contribution in [0.2, 0.25) is 10.0 Å². The molecule has 276 valence electrons. The van der Waals surface area contributed by atoms with Crippen LogP contribution in [0.1, 0.15) is 61.1 Å². The molecule has 4 bridgehead atoms. The summed E-state index contributed by atoms with van der Waals surface area (Å²) in [7, 11) is 1.64. The molecule has 13 heteroatoms. The molecule has 6 aliphatic rings. The molecule has 10 nitrogen and oxygen atoms in total. The van der Waals surface area contributed by atoms with E-state index in [9.17, 15) is 14.9 Å². The number of nitrogens with zero attached hydrogens (tertiary/aromatic N) is 7. The first kappa shape index (κ1) is 34.0. The second kappa shape index (κ2) is 12.5. The second-order valence-corrected chi connectivity index (χ2v) is 16.8. The number of rotatable bonds is 7. The molecule has 11 rings (SSSR count). The van der Waals surface area contributed by atoms with Crippen LogP contribution in [0.15, 0.2) is 47.4 Å². The predicted octanol–water partition coefficient (Wildman–Crippen LogP) is 6.88.